The predicted octanol–water partition coefficient (Wildman–Crippen LogP) is 6.85. The highest BCUT2D eigenvalue weighted by Crippen LogP contribution is 2.22. The van der Waals surface area contributed by atoms with Crippen LogP contribution in [0.15, 0.2) is 0 Å². The van der Waals surface area contributed by atoms with Crippen molar-refractivity contribution in [2.24, 2.45) is 0 Å². The Labute approximate surface area is 249 Å². The van der Waals surface area contributed by atoms with Crippen molar-refractivity contribution in [3.63, 3.8) is 0 Å². The van der Waals surface area contributed by atoms with Crippen LogP contribution in [0.1, 0.15) is 136 Å². The van der Waals surface area contributed by atoms with Crippen molar-refractivity contribution in [2.45, 2.75) is 142 Å². The summed E-state index contributed by atoms with van der Waals surface area (Å²) in [6.45, 7) is 9.06. The number of unbranched alkanes of at least 4 members (excludes halogenated alkanes) is 14. The van der Waals surface area contributed by atoms with Crippen molar-refractivity contribution in [1.29, 1.82) is 0 Å². The lowest BCUT2D eigenvalue weighted by Gasteiger charge is -2.36. The van der Waals surface area contributed by atoms with Crippen molar-refractivity contribution in [1.82, 2.24) is 0 Å². The Hall–Kier alpha value is -0.0631. The number of hydrogen-bond acceptors (Lipinski definition) is 6. The lowest BCUT2D eigenvalue weighted by molar-refractivity contribution is -0.910. The second-order valence-corrected chi connectivity index (χ2v) is 14.7. The highest BCUT2D eigenvalue weighted by atomic mass is 28.4. The van der Waals surface area contributed by atoms with Crippen LogP contribution in [0.2, 0.25) is 6.04 Å². The zero-order chi connectivity index (χ0) is 29.6. The Balaban J connectivity index is 4.98. The first kappa shape index (κ1) is 39.9. The van der Waals surface area contributed by atoms with E-state index in [4.69, 9.17) is 13.3 Å². The van der Waals surface area contributed by atoms with Gasteiger partial charge in [0.05, 0.1) is 39.9 Å². The summed E-state index contributed by atoms with van der Waals surface area (Å²) in [7, 11) is -0.573. The molecule has 0 aromatic heterocycles. The van der Waals surface area contributed by atoms with E-state index in [1.165, 1.54) is 116 Å². The van der Waals surface area contributed by atoms with Gasteiger partial charge in [0.15, 0.2) is 0 Å². The predicted molar refractivity (Wildman–Crippen MR) is 170 cm³/mol. The quantitative estimate of drug-likeness (QED) is 0.0439. The molecule has 0 bridgehead atoms. The molecule has 0 aliphatic rings. The molecule has 0 fully saturated rings. The fraction of sp³-hybridized carbons (Fsp3) is 1.00. The molecule has 3 N–H and O–H groups in total. The van der Waals surface area contributed by atoms with Gasteiger partial charge in [-0.05, 0) is 38.5 Å². The van der Waals surface area contributed by atoms with Gasteiger partial charge >= 0.3 is 8.80 Å². The summed E-state index contributed by atoms with van der Waals surface area (Å²) >= 11 is 0. The topological polar surface area (TPSA) is 88.4 Å². The summed E-state index contributed by atoms with van der Waals surface area (Å²) in [6, 6.07) is 0.701. The molecule has 0 rings (SSSR count). The molecule has 0 unspecified atom stereocenters. The van der Waals surface area contributed by atoms with Crippen LogP contribution in [0.5, 0.6) is 0 Å². The largest absolute Gasteiger partial charge is 0.501 e. The maximum Gasteiger partial charge on any atom is 0.501 e. The summed E-state index contributed by atoms with van der Waals surface area (Å²) in [6.07, 6.45) is 23.5. The normalized spacial score (nSPS) is 12.4. The lowest BCUT2D eigenvalue weighted by Crippen LogP contribution is -2.50. The van der Waals surface area contributed by atoms with Crippen LogP contribution in [0.25, 0.3) is 0 Å². The van der Waals surface area contributed by atoms with E-state index in [1.54, 1.807) is 0 Å². The molecule has 242 valence electrons. The fourth-order valence-electron chi connectivity index (χ4n) is 5.39. The molecular weight excluding hydrogens is 522 g/mol. The second-order valence-electron chi connectivity index (χ2n) is 11.9. The summed E-state index contributed by atoms with van der Waals surface area (Å²) in [5.74, 6) is 0. The molecule has 0 saturated carbocycles. The smallest absolute Gasteiger partial charge is 0.396 e. The van der Waals surface area contributed by atoms with Gasteiger partial charge in [0, 0.05) is 38.9 Å². The van der Waals surface area contributed by atoms with Crippen LogP contribution in [0.3, 0.4) is 0 Å². The molecule has 0 amide bonds. The molecule has 0 aromatic rings. The Morgan fingerprint density at radius 2 is 0.825 bits per heavy atom. The molecular formula is C32H70NO6Si+. The monoisotopic (exact) mass is 592 g/mol. The molecule has 0 aliphatic heterocycles. The van der Waals surface area contributed by atoms with E-state index in [1.807, 2.05) is 0 Å². The molecule has 0 radical (unpaired) electrons. The SMILES string of the molecule is CCCCCCCCCC[N+](C)(CCCCCCCCCC)CCC[Si](OCCO)(OCCCO)OCCCO. The maximum absolute atomic E-state index is 9.43. The zero-order valence-corrected chi connectivity index (χ0v) is 28.0. The Kier molecular flexibility index (Phi) is 29.0. The third kappa shape index (κ3) is 23.5. The van der Waals surface area contributed by atoms with Gasteiger partial charge in [-0.2, -0.15) is 0 Å². The van der Waals surface area contributed by atoms with E-state index in [2.05, 4.69) is 20.9 Å². The van der Waals surface area contributed by atoms with Crippen molar-refractivity contribution < 1.29 is 33.1 Å². The molecule has 40 heavy (non-hydrogen) atoms. The van der Waals surface area contributed by atoms with E-state index in [0.717, 1.165) is 17.4 Å². The van der Waals surface area contributed by atoms with E-state index in [-0.39, 0.29) is 26.4 Å². The van der Waals surface area contributed by atoms with Gasteiger partial charge in [0.2, 0.25) is 0 Å². The number of rotatable bonds is 33. The summed E-state index contributed by atoms with van der Waals surface area (Å²) < 4.78 is 19.5. The van der Waals surface area contributed by atoms with Gasteiger partial charge in [-0.3, -0.25) is 0 Å². The van der Waals surface area contributed by atoms with Crippen molar-refractivity contribution in [3.8, 4) is 0 Å². The minimum atomic E-state index is -3.00. The van der Waals surface area contributed by atoms with E-state index >= 15 is 0 Å². The molecule has 0 aliphatic carbocycles. The number of hydrogen-bond donors (Lipinski definition) is 3. The highest BCUT2D eigenvalue weighted by molar-refractivity contribution is 6.60. The number of aliphatic hydroxyl groups excluding tert-OH is 3. The molecule has 0 aromatic carbocycles. The van der Waals surface area contributed by atoms with Crippen molar-refractivity contribution >= 4 is 8.80 Å². The fourth-order valence-corrected chi connectivity index (χ4v) is 7.98. The van der Waals surface area contributed by atoms with Gasteiger partial charge in [-0.1, -0.05) is 90.9 Å². The Bertz CT molecular complexity index is 484. The summed E-state index contributed by atoms with van der Waals surface area (Å²) in [4.78, 5) is 0. The maximum atomic E-state index is 9.43. The van der Waals surface area contributed by atoms with E-state index < -0.39 is 8.80 Å². The Morgan fingerprint density at radius 1 is 0.450 bits per heavy atom. The Morgan fingerprint density at radius 3 is 1.23 bits per heavy atom. The number of nitrogens with zero attached hydrogens (tertiary/aromatic N) is 1. The number of aliphatic hydroxyl groups is 3. The molecule has 0 saturated heterocycles. The standard InChI is InChI=1S/C32H70NO6Si/c1-4-6-8-10-12-14-16-18-23-33(3,24-19-17-15-13-11-9-7-5-2)25-20-32-40(39-31-28-36,37-29-21-26-34)38-30-22-27-35/h34-36H,4-32H2,1-3H3/q+1. The third-order valence-electron chi connectivity index (χ3n) is 7.95. The minimum absolute atomic E-state index is 0.0628. The molecule has 0 spiro atoms. The first-order chi connectivity index (χ1) is 19.5. The van der Waals surface area contributed by atoms with Gasteiger partial charge in [-0.25, -0.2) is 0 Å². The van der Waals surface area contributed by atoms with Gasteiger partial charge < -0.3 is 33.1 Å². The second kappa shape index (κ2) is 29.0. The van der Waals surface area contributed by atoms with Crippen LogP contribution in [0, 0.1) is 0 Å². The first-order valence-electron chi connectivity index (χ1n) is 17.1. The van der Waals surface area contributed by atoms with Gasteiger partial charge in [0.1, 0.15) is 0 Å². The van der Waals surface area contributed by atoms with Crippen LogP contribution in [-0.4, -0.2) is 94.9 Å². The van der Waals surface area contributed by atoms with Crippen molar-refractivity contribution in [2.75, 3.05) is 66.3 Å². The first-order valence-corrected chi connectivity index (χ1v) is 19.0. The van der Waals surface area contributed by atoms with Crippen LogP contribution in [0.4, 0.5) is 0 Å². The average molecular weight is 593 g/mol. The van der Waals surface area contributed by atoms with Crippen LogP contribution in [-0.2, 0) is 13.3 Å². The summed E-state index contributed by atoms with van der Waals surface area (Å²) in [5, 5.41) is 28.0. The molecule has 7 nitrogen and oxygen atoms in total. The van der Waals surface area contributed by atoms with Crippen LogP contribution < -0.4 is 0 Å². The highest BCUT2D eigenvalue weighted by Gasteiger charge is 2.41. The average Bonchev–Trinajstić information content (AvgIpc) is 2.95. The molecule has 0 atom stereocenters. The van der Waals surface area contributed by atoms with Crippen LogP contribution >= 0.6 is 0 Å². The summed E-state index contributed by atoms with van der Waals surface area (Å²) in [5.41, 5.74) is 0. The van der Waals surface area contributed by atoms with Crippen molar-refractivity contribution in [3.05, 3.63) is 0 Å². The van der Waals surface area contributed by atoms with E-state index in [9.17, 15) is 15.3 Å². The minimum Gasteiger partial charge on any atom is -0.396 e. The van der Waals surface area contributed by atoms with E-state index in [0.29, 0.717) is 32.1 Å². The molecule has 8 heteroatoms. The molecule has 0 heterocycles. The number of quaternary nitrogens is 1. The third-order valence-corrected chi connectivity index (χ3v) is 10.8. The lowest BCUT2D eigenvalue weighted by atomic mass is 10.1. The zero-order valence-electron chi connectivity index (χ0n) is 27.0. The van der Waals surface area contributed by atoms with Gasteiger partial charge in [0.25, 0.3) is 0 Å². The van der Waals surface area contributed by atoms with Gasteiger partial charge in [-0.15, -0.1) is 0 Å².